The molecule has 2 heterocycles. The Balaban J connectivity index is 1.71. The molecule has 0 fully saturated rings. The molecule has 3 aromatic rings. The number of fused-ring (bicyclic) bond motifs is 1. The molecule has 0 spiro atoms. The second-order valence-electron chi connectivity index (χ2n) is 9.53. The van der Waals surface area contributed by atoms with Gasteiger partial charge in [0, 0.05) is 23.2 Å². The molecule has 9 nitrogen and oxygen atoms in total. The maximum Gasteiger partial charge on any atom is 0.424 e. The van der Waals surface area contributed by atoms with Gasteiger partial charge in [0.25, 0.3) is 5.91 Å². The van der Waals surface area contributed by atoms with Gasteiger partial charge in [-0.3, -0.25) is 4.79 Å². The van der Waals surface area contributed by atoms with Crippen molar-refractivity contribution in [3.05, 3.63) is 71.2 Å². The van der Waals surface area contributed by atoms with Crippen LogP contribution in [0.2, 0.25) is 0 Å². The monoisotopic (exact) mass is 564 g/mol. The number of pyridine rings is 1. The largest absolute Gasteiger partial charge is 0.493 e. The van der Waals surface area contributed by atoms with Crippen molar-refractivity contribution < 1.29 is 42.0 Å². The van der Waals surface area contributed by atoms with E-state index in [4.69, 9.17) is 20.3 Å². The lowest BCUT2D eigenvalue weighted by Gasteiger charge is -2.31. The van der Waals surface area contributed by atoms with E-state index < -0.39 is 41.3 Å². The number of nitrogens with one attached hydrogen (secondary N) is 2. The highest BCUT2D eigenvalue weighted by atomic mass is 19.4. The Kier molecular flexibility index (Phi) is 7.92. The number of hydrogen-bond donors (Lipinski definition) is 5. The normalized spacial score (nSPS) is 17.9. The van der Waals surface area contributed by atoms with Crippen molar-refractivity contribution >= 4 is 11.6 Å². The molecule has 0 unspecified atom stereocenters. The van der Waals surface area contributed by atoms with Gasteiger partial charge in [0.1, 0.15) is 12.4 Å². The predicted molar refractivity (Wildman–Crippen MR) is 138 cm³/mol. The summed E-state index contributed by atoms with van der Waals surface area (Å²) < 4.78 is 67.4. The average molecular weight is 565 g/mol. The number of rotatable bonds is 9. The summed E-state index contributed by atoms with van der Waals surface area (Å²) in [6.07, 6.45) is -5.27. The van der Waals surface area contributed by atoms with E-state index in [1.165, 1.54) is 37.4 Å². The summed E-state index contributed by atoms with van der Waals surface area (Å²) in [6.45, 7) is 0.220. The van der Waals surface area contributed by atoms with Crippen LogP contribution in [0.4, 0.5) is 23.2 Å². The van der Waals surface area contributed by atoms with Gasteiger partial charge in [0.05, 0.1) is 42.9 Å². The molecule has 1 aliphatic rings. The molecule has 4 rings (SSSR count). The second kappa shape index (κ2) is 10.9. The molecule has 1 aromatic heterocycles. The molecule has 2 atom stereocenters. The highest BCUT2D eigenvalue weighted by molar-refractivity contribution is 5.95. The molecule has 40 heavy (non-hydrogen) atoms. The number of anilines is 1. The first-order valence-corrected chi connectivity index (χ1v) is 12.1. The fourth-order valence-corrected chi connectivity index (χ4v) is 4.30. The number of carbonyl (C=O) groups is 1. The van der Waals surface area contributed by atoms with Gasteiger partial charge in [-0.15, -0.1) is 0 Å². The van der Waals surface area contributed by atoms with Gasteiger partial charge in [0.15, 0.2) is 11.5 Å². The fourth-order valence-electron chi connectivity index (χ4n) is 4.30. The van der Waals surface area contributed by atoms with Crippen LogP contribution in [-0.2, 0) is 11.1 Å². The van der Waals surface area contributed by atoms with E-state index in [1.807, 2.05) is 0 Å². The first-order chi connectivity index (χ1) is 18.8. The molecule has 0 bridgehead atoms. The molecule has 214 valence electrons. The molecule has 1 amide bonds. The summed E-state index contributed by atoms with van der Waals surface area (Å²) in [5.74, 6) is -1.15. The smallest absolute Gasteiger partial charge is 0.424 e. The van der Waals surface area contributed by atoms with E-state index in [0.29, 0.717) is 11.3 Å². The number of hydrogen-bond acceptors (Lipinski definition) is 8. The third kappa shape index (κ3) is 5.53. The number of methoxy groups -OCH3 is 1. The predicted octanol–water partition coefficient (Wildman–Crippen LogP) is 3.05. The molecule has 0 radical (unpaired) electrons. The van der Waals surface area contributed by atoms with Crippen molar-refractivity contribution in [3.8, 4) is 22.8 Å². The van der Waals surface area contributed by atoms with Crippen LogP contribution in [0.15, 0.2) is 48.5 Å². The van der Waals surface area contributed by atoms with E-state index in [1.54, 1.807) is 6.92 Å². The van der Waals surface area contributed by atoms with Crippen LogP contribution in [0.5, 0.6) is 11.5 Å². The number of aromatic nitrogens is 1. The minimum absolute atomic E-state index is 0.0361. The molecule has 0 saturated carbocycles. The summed E-state index contributed by atoms with van der Waals surface area (Å²) >= 11 is 0. The van der Waals surface area contributed by atoms with E-state index in [-0.39, 0.29) is 48.1 Å². The maximum atomic E-state index is 14.5. The van der Waals surface area contributed by atoms with Crippen molar-refractivity contribution in [1.82, 2.24) is 10.3 Å². The average Bonchev–Trinajstić information content (AvgIpc) is 3.23. The molecular formula is C27H28F4N4O5. The third-order valence-corrected chi connectivity index (χ3v) is 6.56. The standard InChI is InChI=1S/C27H28F4N4O5/c1-25(32)13-33-23-18(25)12-21(35-22(23)15-3-6-17(28)7-4-15)26(38,27(29,30)31)14-34-24(37)16-5-8-19(40-10-9-36)20(11-16)39-2/h3-8,11-12,33,36,38H,9-10,13-14,32H2,1-2H3,(H,34,37)/t25-,26+/m1/s1. The Morgan fingerprint density at radius 1 is 1.18 bits per heavy atom. The summed E-state index contributed by atoms with van der Waals surface area (Å²) in [5, 5.41) is 25.2. The van der Waals surface area contributed by atoms with Crippen LogP contribution in [0.25, 0.3) is 11.3 Å². The first-order valence-electron chi connectivity index (χ1n) is 12.1. The number of nitrogens with two attached hydrogens (primary N) is 1. The molecule has 2 aromatic carbocycles. The van der Waals surface area contributed by atoms with Crippen molar-refractivity contribution in [2.24, 2.45) is 5.73 Å². The Morgan fingerprint density at radius 2 is 1.88 bits per heavy atom. The van der Waals surface area contributed by atoms with Gasteiger partial charge in [-0.25, -0.2) is 9.37 Å². The fraction of sp³-hybridized carbons (Fsp3) is 0.333. The summed E-state index contributed by atoms with van der Waals surface area (Å²) in [6, 6.07) is 9.96. The number of benzene rings is 2. The van der Waals surface area contributed by atoms with Crippen LogP contribution in [0.3, 0.4) is 0 Å². The van der Waals surface area contributed by atoms with Crippen LogP contribution in [0, 0.1) is 5.82 Å². The molecule has 13 heteroatoms. The number of ether oxygens (including phenoxy) is 2. The van der Waals surface area contributed by atoms with E-state index in [2.05, 4.69) is 15.6 Å². The Bertz CT molecular complexity index is 1400. The van der Waals surface area contributed by atoms with Crippen LogP contribution in [-0.4, -0.2) is 60.7 Å². The number of amides is 1. The molecule has 6 N–H and O–H groups in total. The third-order valence-electron chi connectivity index (χ3n) is 6.56. The van der Waals surface area contributed by atoms with Gasteiger partial charge in [-0.1, -0.05) is 0 Å². The summed E-state index contributed by atoms with van der Waals surface area (Å²) in [4.78, 5) is 17.0. The van der Waals surface area contributed by atoms with Crippen molar-refractivity contribution in [1.29, 1.82) is 0 Å². The van der Waals surface area contributed by atoms with Gasteiger partial charge < -0.3 is 36.1 Å². The number of alkyl halides is 3. The Hall–Kier alpha value is -3.94. The van der Waals surface area contributed by atoms with Gasteiger partial charge in [-0.05, 0) is 55.5 Å². The lowest BCUT2D eigenvalue weighted by molar-refractivity contribution is -0.265. The highest BCUT2D eigenvalue weighted by Crippen LogP contribution is 2.45. The van der Waals surface area contributed by atoms with Gasteiger partial charge in [0.2, 0.25) is 5.60 Å². The highest BCUT2D eigenvalue weighted by Gasteiger charge is 2.57. The number of halogens is 4. The summed E-state index contributed by atoms with van der Waals surface area (Å²) in [7, 11) is 1.31. The van der Waals surface area contributed by atoms with Gasteiger partial charge in [-0.2, -0.15) is 13.2 Å². The van der Waals surface area contributed by atoms with E-state index in [0.717, 1.165) is 18.2 Å². The minimum Gasteiger partial charge on any atom is -0.493 e. The topological polar surface area (TPSA) is 139 Å². The zero-order valence-electron chi connectivity index (χ0n) is 21.6. The van der Waals surface area contributed by atoms with Gasteiger partial charge >= 0.3 is 6.18 Å². The SMILES string of the molecule is COc1cc(C(=O)NC[C@](O)(c2cc3c(c(-c4ccc(F)cc4)n2)NC[C@@]3(C)N)C(F)(F)F)ccc1OCCO. The van der Waals surface area contributed by atoms with Crippen LogP contribution in [0.1, 0.15) is 28.5 Å². The number of carbonyl (C=O) groups excluding carboxylic acids is 1. The lowest BCUT2D eigenvalue weighted by Crippen LogP contribution is -2.51. The first kappa shape index (κ1) is 29.1. The quantitative estimate of drug-likeness (QED) is 0.250. The minimum atomic E-state index is -5.27. The van der Waals surface area contributed by atoms with Crippen LogP contribution >= 0.6 is 0 Å². The number of aliphatic hydroxyl groups is 2. The molecule has 0 saturated heterocycles. The molecular weight excluding hydrogens is 536 g/mol. The molecule has 1 aliphatic heterocycles. The van der Waals surface area contributed by atoms with E-state index in [9.17, 15) is 27.5 Å². The van der Waals surface area contributed by atoms with Crippen LogP contribution < -0.4 is 25.8 Å². The molecule has 0 aliphatic carbocycles. The van der Waals surface area contributed by atoms with Crippen molar-refractivity contribution in [2.75, 3.05) is 38.7 Å². The van der Waals surface area contributed by atoms with Crippen molar-refractivity contribution in [3.63, 3.8) is 0 Å². The van der Waals surface area contributed by atoms with E-state index >= 15 is 0 Å². The second-order valence-corrected chi connectivity index (χ2v) is 9.53. The maximum absolute atomic E-state index is 14.5. The summed E-state index contributed by atoms with van der Waals surface area (Å²) in [5.41, 5.74) is 1.74. The Labute approximate surface area is 226 Å². The Morgan fingerprint density at radius 3 is 2.50 bits per heavy atom. The number of aliphatic hydroxyl groups excluding tert-OH is 1. The zero-order chi connectivity index (χ0) is 29.3. The lowest BCUT2D eigenvalue weighted by atomic mass is 9.89. The number of nitrogens with zero attached hydrogens (tertiary/aromatic N) is 1. The zero-order valence-corrected chi connectivity index (χ0v) is 21.6. The van der Waals surface area contributed by atoms with Crippen molar-refractivity contribution in [2.45, 2.75) is 24.2 Å².